The lowest BCUT2D eigenvalue weighted by atomic mass is 10.00. The highest BCUT2D eigenvalue weighted by molar-refractivity contribution is 6.30. The minimum Gasteiger partial charge on any atom is -0.481 e. The van der Waals surface area contributed by atoms with E-state index in [9.17, 15) is 14.9 Å². The molecule has 1 aromatic rings. The van der Waals surface area contributed by atoms with Gasteiger partial charge in [-0.05, 0) is 62.8 Å². The van der Waals surface area contributed by atoms with Gasteiger partial charge in [-0.1, -0.05) is 11.6 Å². The highest BCUT2D eigenvalue weighted by atomic mass is 35.5. The van der Waals surface area contributed by atoms with E-state index in [0.717, 1.165) is 24.0 Å². The number of rotatable bonds is 6. The van der Waals surface area contributed by atoms with Crippen LogP contribution in [-0.4, -0.2) is 30.6 Å². The first kappa shape index (κ1) is 19.1. The fourth-order valence-corrected chi connectivity index (χ4v) is 3.32. The van der Waals surface area contributed by atoms with Crippen LogP contribution in [0.1, 0.15) is 36.8 Å². The Hall–Kier alpha value is -2.26. The van der Waals surface area contributed by atoms with Gasteiger partial charge < -0.3 is 14.8 Å². The van der Waals surface area contributed by atoms with Crippen molar-refractivity contribution in [3.8, 4) is 11.8 Å². The number of hydrogen-bond donors (Lipinski definition) is 1. The molecule has 0 radical (unpaired) electrons. The third-order valence-corrected chi connectivity index (χ3v) is 4.39. The van der Waals surface area contributed by atoms with Gasteiger partial charge in [0.15, 0.2) is 13.2 Å². The van der Waals surface area contributed by atoms with E-state index in [-0.39, 0.29) is 6.61 Å². The average molecular weight is 365 g/mol. The van der Waals surface area contributed by atoms with Crippen molar-refractivity contribution in [2.24, 2.45) is 0 Å². The Morgan fingerprint density at radius 3 is 2.40 bits per heavy atom. The van der Waals surface area contributed by atoms with E-state index in [0.29, 0.717) is 23.6 Å². The molecule has 25 heavy (non-hydrogen) atoms. The monoisotopic (exact) mass is 364 g/mol. The number of carbonyl (C=O) groups excluding carboxylic acids is 2. The molecule has 0 unspecified atom stereocenters. The number of hydrogen-bond acceptors (Lipinski definition) is 5. The summed E-state index contributed by atoms with van der Waals surface area (Å²) in [7, 11) is 0. The summed E-state index contributed by atoms with van der Waals surface area (Å²) in [4.78, 5) is 23.7. The van der Waals surface area contributed by atoms with Crippen molar-refractivity contribution in [2.45, 2.75) is 45.1 Å². The van der Waals surface area contributed by atoms with E-state index in [1.54, 1.807) is 12.1 Å². The molecule has 0 heterocycles. The molecule has 1 amide bonds. The molecule has 0 spiro atoms. The number of aryl methyl sites for hydroxylation is 2. The molecule has 0 aliphatic heterocycles. The molecule has 0 aromatic heterocycles. The third kappa shape index (κ3) is 5.10. The van der Waals surface area contributed by atoms with Crippen LogP contribution in [0.4, 0.5) is 0 Å². The van der Waals surface area contributed by atoms with Crippen molar-refractivity contribution < 1.29 is 19.1 Å². The Balaban J connectivity index is 1.79. The largest absolute Gasteiger partial charge is 0.481 e. The minimum atomic E-state index is -0.822. The zero-order chi connectivity index (χ0) is 18.4. The fraction of sp³-hybridized carbons (Fsp3) is 0.500. The predicted octanol–water partition coefficient (Wildman–Crippen LogP) is 2.83. The van der Waals surface area contributed by atoms with Gasteiger partial charge in [0.05, 0.1) is 6.07 Å². The fourth-order valence-electron chi connectivity index (χ4n) is 2.99. The standard InChI is InChI=1S/C18H21ClN2O4/c1-12-7-14(19)8-13(2)17(12)25-10-16(23)24-9-15(22)21-18(11-20)5-3-4-6-18/h7-8H,3-6,9-10H2,1-2H3,(H,21,22). The molecule has 1 aromatic carbocycles. The second-order valence-electron chi connectivity index (χ2n) is 6.27. The maximum Gasteiger partial charge on any atom is 0.344 e. The van der Waals surface area contributed by atoms with Crippen LogP contribution in [0.2, 0.25) is 5.02 Å². The lowest BCUT2D eigenvalue weighted by molar-refractivity contribution is -0.150. The summed E-state index contributed by atoms with van der Waals surface area (Å²) in [6, 6.07) is 5.64. The van der Waals surface area contributed by atoms with Gasteiger partial charge in [0.25, 0.3) is 5.91 Å². The molecule has 134 valence electrons. The number of nitrogens with zero attached hydrogens (tertiary/aromatic N) is 1. The van der Waals surface area contributed by atoms with Crippen LogP contribution < -0.4 is 10.1 Å². The molecule has 0 atom stereocenters. The second kappa shape index (κ2) is 8.21. The van der Waals surface area contributed by atoms with E-state index < -0.39 is 24.0 Å². The van der Waals surface area contributed by atoms with Gasteiger partial charge in [-0.25, -0.2) is 4.79 Å². The molecular formula is C18H21ClN2O4. The normalized spacial score (nSPS) is 15.3. The summed E-state index contributed by atoms with van der Waals surface area (Å²) >= 11 is 5.95. The van der Waals surface area contributed by atoms with Crippen molar-refractivity contribution in [3.05, 3.63) is 28.3 Å². The van der Waals surface area contributed by atoms with Crippen LogP contribution in [0.3, 0.4) is 0 Å². The van der Waals surface area contributed by atoms with Gasteiger partial charge in [-0.3, -0.25) is 4.79 Å². The number of benzene rings is 1. The Bertz CT molecular complexity index is 683. The summed E-state index contributed by atoms with van der Waals surface area (Å²) in [5.74, 6) is -0.558. The summed E-state index contributed by atoms with van der Waals surface area (Å²) in [6.45, 7) is 2.93. The lowest BCUT2D eigenvalue weighted by Crippen LogP contribution is -2.46. The minimum absolute atomic E-state index is 0.306. The quantitative estimate of drug-likeness (QED) is 0.784. The first-order valence-corrected chi connectivity index (χ1v) is 8.50. The molecule has 2 rings (SSSR count). The zero-order valence-corrected chi connectivity index (χ0v) is 15.1. The highest BCUT2D eigenvalue weighted by Gasteiger charge is 2.35. The Morgan fingerprint density at radius 2 is 1.84 bits per heavy atom. The Labute approximate surface area is 152 Å². The zero-order valence-electron chi connectivity index (χ0n) is 14.4. The number of nitrogens with one attached hydrogen (secondary N) is 1. The number of amides is 1. The molecule has 1 N–H and O–H groups in total. The number of nitriles is 1. The van der Waals surface area contributed by atoms with Crippen molar-refractivity contribution in [1.29, 1.82) is 5.26 Å². The Morgan fingerprint density at radius 1 is 1.24 bits per heavy atom. The molecular weight excluding hydrogens is 344 g/mol. The van der Waals surface area contributed by atoms with Crippen molar-refractivity contribution >= 4 is 23.5 Å². The van der Waals surface area contributed by atoms with Crippen molar-refractivity contribution in [3.63, 3.8) is 0 Å². The summed E-state index contributed by atoms with van der Waals surface area (Å²) in [5, 5.41) is 12.5. The van der Waals surface area contributed by atoms with Crippen molar-refractivity contribution in [1.82, 2.24) is 5.32 Å². The van der Waals surface area contributed by atoms with Gasteiger partial charge in [0, 0.05) is 5.02 Å². The van der Waals surface area contributed by atoms with E-state index in [4.69, 9.17) is 21.1 Å². The smallest absolute Gasteiger partial charge is 0.344 e. The first-order chi connectivity index (χ1) is 11.8. The Kier molecular flexibility index (Phi) is 6.27. The topological polar surface area (TPSA) is 88.4 Å². The molecule has 1 aliphatic carbocycles. The van der Waals surface area contributed by atoms with E-state index in [1.165, 1.54) is 0 Å². The molecule has 1 aliphatic rings. The molecule has 7 heteroatoms. The summed E-state index contributed by atoms with van der Waals surface area (Å²) < 4.78 is 10.4. The maximum absolute atomic E-state index is 11.9. The van der Waals surface area contributed by atoms with Gasteiger partial charge in [-0.2, -0.15) is 5.26 Å². The van der Waals surface area contributed by atoms with Gasteiger partial charge >= 0.3 is 5.97 Å². The van der Waals surface area contributed by atoms with E-state index in [1.807, 2.05) is 13.8 Å². The number of ether oxygens (including phenoxy) is 2. The number of halogens is 1. The maximum atomic E-state index is 11.9. The number of carbonyl (C=O) groups is 2. The van der Waals surface area contributed by atoms with Gasteiger partial charge in [0.1, 0.15) is 11.3 Å². The van der Waals surface area contributed by atoms with Crippen LogP contribution in [0, 0.1) is 25.2 Å². The van der Waals surface area contributed by atoms with Crippen LogP contribution in [-0.2, 0) is 14.3 Å². The lowest BCUT2D eigenvalue weighted by Gasteiger charge is -2.21. The average Bonchev–Trinajstić information content (AvgIpc) is 3.01. The molecule has 0 saturated heterocycles. The molecule has 1 fully saturated rings. The molecule has 0 bridgehead atoms. The second-order valence-corrected chi connectivity index (χ2v) is 6.70. The van der Waals surface area contributed by atoms with Crippen LogP contribution in [0.25, 0.3) is 0 Å². The summed E-state index contributed by atoms with van der Waals surface area (Å²) in [5.41, 5.74) is 0.804. The first-order valence-electron chi connectivity index (χ1n) is 8.13. The van der Waals surface area contributed by atoms with Crippen LogP contribution >= 0.6 is 11.6 Å². The number of esters is 1. The van der Waals surface area contributed by atoms with E-state index in [2.05, 4.69) is 11.4 Å². The molecule has 6 nitrogen and oxygen atoms in total. The third-order valence-electron chi connectivity index (χ3n) is 4.17. The summed E-state index contributed by atoms with van der Waals surface area (Å²) in [6.07, 6.45) is 3.06. The predicted molar refractivity (Wildman–Crippen MR) is 92.3 cm³/mol. The van der Waals surface area contributed by atoms with Crippen molar-refractivity contribution in [2.75, 3.05) is 13.2 Å². The van der Waals surface area contributed by atoms with E-state index >= 15 is 0 Å². The SMILES string of the molecule is Cc1cc(Cl)cc(C)c1OCC(=O)OCC(=O)NC1(C#N)CCCC1. The van der Waals surface area contributed by atoms with Crippen LogP contribution in [0.15, 0.2) is 12.1 Å². The molecule has 1 saturated carbocycles. The van der Waals surface area contributed by atoms with Gasteiger partial charge in [-0.15, -0.1) is 0 Å². The highest BCUT2D eigenvalue weighted by Crippen LogP contribution is 2.29. The van der Waals surface area contributed by atoms with Crippen LogP contribution in [0.5, 0.6) is 5.75 Å². The van der Waals surface area contributed by atoms with Gasteiger partial charge in [0.2, 0.25) is 0 Å².